The molecule has 2 saturated heterocycles. The molecule has 4 aliphatic rings. The highest BCUT2D eigenvalue weighted by atomic mass is 16.5. The largest absolute Gasteiger partial charge is 0.375 e. The first-order valence-electron chi connectivity index (χ1n) is 11.9. The first kappa shape index (κ1) is 20.0. The molecule has 1 aromatic rings. The maximum atomic E-state index is 10.2. The number of pyridine rings is 1. The molecule has 3 fully saturated rings. The summed E-state index contributed by atoms with van der Waals surface area (Å²) in [6.07, 6.45) is 7.88. The normalized spacial score (nSPS) is 25.6. The molecule has 2 N–H and O–H groups in total. The Bertz CT molecular complexity index is 790. The molecule has 162 valence electrons. The van der Waals surface area contributed by atoms with Crippen LogP contribution in [-0.4, -0.2) is 65.2 Å². The topological polar surface area (TPSA) is 67.3 Å². The monoisotopic (exact) mass is 413 g/mol. The molecule has 7 heteroatoms. The van der Waals surface area contributed by atoms with Gasteiger partial charge in [-0.05, 0) is 31.2 Å². The van der Waals surface area contributed by atoms with E-state index in [9.17, 15) is 5.26 Å². The number of nitrogens with one attached hydrogen (secondary N) is 2. The molecule has 0 bridgehead atoms. The summed E-state index contributed by atoms with van der Waals surface area (Å²) in [4.78, 5) is 10.3. The molecule has 1 unspecified atom stereocenters. The molecule has 0 aromatic carbocycles. The van der Waals surface area contributed by atoms with Gasteiger partial charge in [-0.1, -0.05) is 6.42 Å². The second-order valence-corrected chi connectivity index (χ2v) is 9.13. The van der Waals surface area contributed by atoms with Crippen LogP contribution in [0.15, 0.2) is 0 Å². The quantitative estimate of drug-likeness (QED) is 0.773. The second-order valence-electron chi connectivity index (χ2n) is 9.13. The first-order valence-corrected chi connectivity index (χ1v) is 11.9. The minimum Gasteiger partial charge on any atom is -0.375 e. The Balaban J connectivity index is 1.54. The molecule has 1 atom stereocenters. The number of rotatable bonds is 3. The zero-order valence-electron chi connectivity index (χ0n) is 18.0. The van der Waals surface area contributed by atoms with Crippen molar-refractivity contribution in [2.45, 2.75) is 51.1 Å². The predicted octanol–water partition coefficient (Wildman–Crippen LogP) is 0.319. The molecule has 1 saturated carbocycles. The summed E-state index contributed by atoms with van der Waals surface area (Å²) in [5.41, 5.74) is 3.54. The maximum Gasteiger partial charge on any atom is 0.240 e. The summed E-state index contributed by atoms with van der Waals surface area (Å²) in [5.74, 6) is 2.24. The molecular formula is C23H35N5O2+2. The fourth-order valence-corrected chi connectivity index (χ4v) is 5.81. The van der Waals surface area contributed by atoms with Gasteiger partial charge in [-0.15, -0.1) is 0 Å². The van der Waals surface area contributed by atoms with Crippen LogP contribution in [0.3, 0.4) is 0 Å². The lowest BCUT2D eigenvalue weighted by molar-refractivity contribution is -0.942. The molecule has 3 aliphatic heterocycles. The Kier molecular flexibility index (Phi) is 6.07. The van der Waals surface area contributed by atoms with Crippen molar-refractivity contribution in [1.82, 2.24) is 0 Å². The van der Waals surface area contributed by atoms with Crippen LogP contribution in [0.25, 0.3) is 0 Å². The van der Waals surface area contributed by atoms with E-state index in [0.717, 1.165) is 89.5 Å². The summed E-state index contributed by atoms with van der Waals surface area (Å²) < 4.78 is 11.2. The molecule has 0 spiro atoms. The Morgan fingerprint density at radius 2 is 1.50 bits per heavy atom. The highest BCUT2D eigenvalue weighted by molar-refractivity contribution is 5.62. The highest BCUT2D eigenvalue weighted by Gasteiger charge is 2.37. The van der Waals surface area contributed by atoms with Gasteiger partial charge in [0.15, 0.2) is 0 Å². The predicted molar refractivity (Wildman–Crippen MR) is 114 cm³/mol. The van der Waals surface area contributed by atoms with Gasteiger partial charge in [-0.3, -0.25) is 9.80 Å². The van der Waals surface area contributed by atoms with Crippen LogP contribution in [0.4, 0.5) is 11.6 Å². The van der Waals surface area contributed by atoms with E-state index >= 15 is 0 Å². The molecule has 0 radical (unpaired) electrons. The third-order valence-electron chi connectivity index (χ3n) is 7.47. The zero-order chi connectivity index (χ0) is 20.3. The summed E-state index contributed by atoms with van der Waals surface area (Å²) in [7, 11) is 0. The van der Waals surface area contributed by atoms with Gasteiger partial charge in [0.25, 0.3) is 0 Å². The van der Waals surface area contributed by atoms with Crippen molar-refractivity contribution in [3.63, 3.8) is 0 Å². The van der Waals surface area contributed by atoms with Crippen LogP contribution in [-0.2, 0) is 22.4 Å². The highest BCUT2D eigenvalue weighted by Crippen LogP contribution is 2.30. The SMILES string of the molecule is N#Cc1c(N2CCOCC2)[nH+]c(N2CCOCC2)c2c1CC[NH+](C1CCCCC1)C2. The third kappa shape index (κ3) is 3.89. The number of nitrogens with zero attached hydrogens (tertiary/aromatic N) is 3. The molecule has 5 rings (SSSR count). The average Bonchev–Trinajstić information content (AvgIpc) is 2.84. The van der Waals surface area contributed by atoms with Gasteiger partial charge in [-0.25, -0.2) is 4.98 Å². The van der Waals surface area contributed by atoms with Gasteiger partial charge in [0, 0.05) is 6.42 Å². The Labute approximate surface area is 179 Å². The van der Waals surface area contributed by atoms with Gasteiger partial charge in [0.2, 0.25) is 11.6 Å². The standard InChI is InChI=1S/C23H33N5O2/c24-16-20-19-6-7-28(18-4-2-1-3-5-18)17-21(19)23(27-10-14-30-15-11-27)25-22(20)26-8-12-29-13-9-26/h18H,1-15,17H2/p+2. The van der Waals surface area contributed by atoms with Crippen LogP contribution in [0.5, 0.6) is 0 Å². The Hall–Kier alpha value is -1.88. The number of aromatic nitrogens is 1. The van der Waals surface area contributed by atoms with Gasteiger partial charge in [0.05, 0.1) is 70.8 Å². The van der Waals surface area contributed by atoms with Crippen LogP contribution < -0.4 is 19.7 Å². The number of H-pyrrole nitrogens is 1. The minimum absolute atomic E-state index is 0.724. The van der Waals surface area contributed by atoms with Gasteiger partial charge in [0.1, 0.15) is 18.2 Å². The zero-order valence-corrected chi connectivity index (χ0v) is 18.0. The van der Waals surface area contributed by atoms with Gasteiger partial charge >= 0.3 is 0 Å². The van der Waals surface area contributed by atoms with E-state index in [1.807, 2.05) is 0 Å². The van der Waals surface area contributed by atoms with Crippen molar-refractivity contribution < 1.29 is 19.4 Å². The van der Waals surface area contributed by atoms with Crippen LogP contribution in [0.1, 0.15) is 48.8 Å². The number of fused-ring (bicyclic) bond motifs is 1. The number of aromatic amines is 1. The Morgan fingerprint density at radius 1 is 0.867 bits per heavy atom. The van der Waals surface area contributed by atoms with E-state index in [4.69, 9.17) is 9.47 Å². The summed E-state index contributed by atoms with van der Waals surface area (Å²) in [6, 6.07) is 3.37. The lowest BCUT2D eigenvalue weighted by Crippen LogP contribution is -3.15. The molecule has 1 aliphatic carbocycles. The van der Waals surface area contributed by atoms with Crippen molar-refractivity contribution in [2.24, 2.45) is 0 Å². The van der Waals surface area contributed by atoms with Gasteiger partial charge < -0.3 is 14.4 Å². The lowest BCUT2D eigenvalue weighted by Gasteiger charge is -2.37. The molecule has 1 aromatic heterocycles. The average molecular weight is 414 g/mol. The molecule has 4 heterocycles. The van der Waals surface area contributed by atoms with E-state index in [0.29, 0.717) is 0 Å². The molecular weight excluding hydrogens is 378 g/mol. The number of nitriles is 1. The maximum absolute atomic E-state index is 10.2. The number of hydrogen-bond acceptors (Lipinski definition) is 5. The van der Waals surface area contributed by atoms with Crippen LogP contribution in [0.2, 0.25) is 0 Å². The third-order valence-corrected chi connectivity index (χ3v) is 7.47. The summed E-state index contributed by atoms with van der Waals surface area (Å²) in [5, 5.41) is 10.2. The number of hydrogen-bond donors (Lipinski definition) is 1. The van der Waals surface area contributed by atoms with Crippen molar-refractivity contribution in [1.29, 1.82) is 5.26 Å². The fraction of sp³-hybridized carbons (Fsp3) is 0.739. The second kappa shape index (κ2) is 9.09. The van der Waals surface area contributed by atoms with Gasteiger partial charge in [-0.2, -0.15) is 5.26 Å². The number of anilines is 2. The summed E-state index contributed by atoms with van der Waals surface area (Å²) in [6.45, 7) is 8.70. The molecule has 7 nitrogen and oxygen atoms in total. The number of morpholine rings is 2. The minimum atomic E-state index is 0.724. The molecule has 30 heavy (non-hydrogen) atoms. The smallest absolute Gasteiger partial charge is 0.240 e. The van der Waals surface area contributed by atoms with Crippen molar-refractivity contribution in [3.8, 4) is 6.07 Å². The van der Waals surface area contributed by atoms with Crippen LogP contribution in [0, 0.1) is 11.3 Å². The van der Waals surface area contributed by atoms with Crippen molar-refractivity contribution >= 4 is 11.6 Å². The number of quaternary nitrogens is 1. The van der Waals surface area contributed by atoms with E-state index in [-0.39, 0.29) is 0 Å². The van der Waals surface area contributed by atoms with Crippen molar-refractivity contribution in [2.75, 3.05) is 69.0 Å². The van der Waals surface area contributed by atoms with E-state index in [1.54, 1.807) is 4.90 Å². The number of ether oxygens (including phenoxy) is 2. The fourth-order valence-electron chi connectivity index (χ4n) is 5.81. The van der Waals surface area contributed by atoms with E-state index in [2.05, 4.69) is 20.9 Å². The van der Waals surface area contributed by atoms with Crippen LogP contribution >= 0.6 is 0 Å². The van der Waals surface area contributed by atoms with Crippen molar-refractivity contribution in [3.05, 3.63) is 16.7 Å². The first-order chi connectivity index (χ1) is 14.8. The van der Waals surface area contributed by atoms with E-state index < -0.39 is 0 Å². The van der Waals surface area contributed by atoms with E-state index in [1.165, 1.54) is 49.0 Å². The Morgan fingerprint density at radius 3 is 2.13 bits per heavy atom. The lowest BCUT2D eigenvalue weighted by atomic mass is 9.89. The molecule has 0 amide bonds. The summed E-state index contributed by atoms with van der Waals surface area (Å²) >= 11 is 0.